The van der Waals surface area contributed by atoms with E-state index in [2.05, 4.69) is 35.8 Å². The van der Waals surface area contributed by atoms with Crippen LogP contribution in [0.5, 0.6) is 23.0 Å². The first kappa shape index (κ1) is 79.5. The summed E-state index contributed by atoms with van der Waals surface area (Å²) in [5.74, 6) is -2.47. The average molecular weight is 1570 g/mol. The molecule has 584 valence electrons. The second kappa shape index (κ2) is 38.1. The van der Waals surface area contributed by atoms with Gasteiger partial charge in [-0.25, -0.2) is 50.1 Å². The monoisotopic (exact) mass is 1570 g/mol. The highest BCUT2D eigenvalue weighted by Gasteiger charge is 2.19. The van der Waals surface area contributed by atoms with Gasteiger partial charge in [-0.2, -0.15) is 0 Å². The Morgan fingerprint density at radius 2 is 0.793 bits per heavy atom. The summed E-state index contributed by atoms with van der Waals surface area (Å²) in [6.45, 7) is 0.0630. The predicted molar refractivity (Wildman–Crippen MR) is 415 cm³/mol. The number of aryl methyl sites for hydroxylation is 2. The lowest BCUT2D eigenvalue weighted by atomic mass is 10.0. The number of pyridine rings is 4. The van der Waals surface area contributed by atoms with Crippen molar-refractivity contribution >= 4 is 45.6 Å². The Bertz CT molecular complexity index is 5800. The van der Waals surface area contributed by atoms with Crippen molar-refractivity contribution in [2.75, 3.05) is 0 Å². The number of nitrogens with one attached hydrogen (secondary N) is 2. The summed E-state index contributed by atoms with van der Waals surface area (Å²) in [6.07, 6.45) is 17.4. The topological polar surface area (TPSA) is 211 Å². The first-order chi connectivity index (χ1) is 56.4. The van der Waals surface area contributed by atoms with Gasteiger partial charge in [-0.15, -0.1) is 10.2 Å². The molecule has 0 saturated heterocycles. The Morgan fingerprint density at radius 1 is 0.353 bits per heavy atom. The Labute approximate surface area is 657 Å². The third-order valence-electron chi connectivity index (χ3n) is 18.3. The highest BCUT2D eigenvalue weighted by Crippen LogP contribution is 2.27. The van der Waals surface area contributed by atoms with Gasteiger partial charge in [0.1, 0.15) is 108 Å². The van der Waals surface area contributed by atoms with Crippen molar-refractivity contribution in [2.45, 2.75) is 65.2 Å². The zero-order valence-corrected chi connectivity index (χ0v) is 61.5. The Morgan fingerprint density at radius 3 is 1.31 bits per heavy atom. The quantitative estimate of drug-likeness (QED) is 0.0382. The number of amides is 2. The summed E-state index contributed by atoms with van der Waals surface area (Å²) in [5.41, 5.74) is 7.72. The van der Waals surface area contributed by atoms with Gasteiger partial charge in [-0.05, 0) is 170 Å². The number of imidazole rings is 3. The van der Waals surface area contributed by atoms with Crippen LogP contribution in [0.1, 0.15) is 98.9 Å². The number of hydrogen-bond acceptors (Lipinski definition) is 13. The second-order valence-corrected chi connectivity index (χ2v) is 26.1. The molecule has 0 spiro atoms. The molecule has 0 bridgehead atoms. The van der Waals surface area contributed by atoms with Crippen LogP contribution in [0.3, 0.4) is 0 Å². The smallest absolute Gasteiger partial charge is 0.268 e. The van der Waals surface area contributed by atoms with Crippen molar-refractivity contribution in [2.24, 2.45) is 0 Å². The number of hydrogen-bond donors (Lipinski definition) is 2. The van der Waals surface area contributed by atoms with Gasteiger partial charge in [0.05, 0.1) is 59.7 Å². The number of nitrogens with zero attached hydrogens (tertiary/aromatic N) is 9. The molecule has 0 fully saturated rings. The number of carbonyl (C=O) groups is 4. The van der Waals surface area contributed by atoms with E-state index < -0.39 is 29.2 Å². The van der Waals surface area contributed by atoms with Gasteiger partial charge >= 0.3 is 0 Å². The number of rotatable bonds is 26. The summed E-state index contributed by atoms with van der Waals surface area (Å²) < 4.78 is 141. The minimum Gasteiger partial charge on any atom is -0.489 e. The van der Waals surface area contributed by atoms with Crippen LogP contribution in [-0.2, 0) is 52.4 Å². The summed E-state index contributed by atoms with van der Waals surface area (Å²) in [5, 5.41) is 13.0. The molecule has 0 unspecified atom stereocenters. The van der Waals surface area contributed by atoms with Crippen LogP contribution >= 0.6 is 0 Å². The van der Waals surface area contributed by atoms with Crippen molar-refractivity contribution in [3.8, 4) is 23.0 Å². The molecule has 0 aliphatic carbocycles. The Kier molecular flexibility index (Phi) is 26.1. The summed E-state index contributed by atoms with van der Waals surface area (Å²) in [4.78, 5) is 62.1. The van der Waals surface area contributed by atoms with Crippen LogP contribution in [0.25, 0.3) is 22.2 Å². The minimum atomic E-state index is -0.481. The maximum Gasteiger partial charge on any atom is 0.268 e. The van der Waals surface area contributed by atoms with E-state index >= 15 is 0 Å². The van der Waals surface area contributed by atoms with Crippen LogP contribution in [0, 0.1) is 46.5 Å². The molecular formula is C89H69F8N11O8. The third-order valence-corrected chi connectivity index (χ3v) is 18.3. The molecule has 16 rings (SSSR count). The van der Waals surface area contributed by atoms with Gasteiger partial charge in [0.2, 0.25) is 0 Å². The van der Waals surface area contributed by atoms with Crippen LogP contribution in [0.15, 0.2) is 287 Å². The molecule has 8 aromatic carbocycles. The third kappa shape index (κ3) is 20.7. The molecule has 116 heavy (non-hydrogen) atoms. The summed E-state index contributed by atoms with van der Waals surface area (Å²) in [6, 6.07) is 57.8. The zero-order chi connectivity index (χ0) is 80.9. The lowest BCUT2D eigenvalue weighted by molar-refractivity contribution is 0.0938. The minimum absolute atomic E-state index is 0.0136. The van der Waals surface area contributed by atoms with Gasteiger partial charge in [-0.1, -0.05) is 78.9 Å². The predicted octanol–water partition coefficient (Wildman–Crippen LogP) is 17.7. The van der Waals surface area contributed by atoms with E-state index in [1.54, 1.807) is 203 Å². The molecule has 0 aliphatic rings. The van der Waals surface area contributed by atoms with Crippen LogP contribution < -0.4 is 29.6 Å². The van der Waals surface area contributed by atoms with Gasteiger partial charge in [0.25, 0.3) is 11.8 Å². The number of carbonyl (C=O) groups excluding carboxylic acids is 4. The molecule has 0 aliphatic heterocycles. The average Bonchev–Trinajstić information content (AvgIpc) is 1.64. The highest BCUT2D eigenvalue weighted by atomic mass is 19.2. The standard InChI is InChI=1S/2C23H18F2N2O2.C22H17F2N3O2.C21H16F2N4O2/c24-21-4-2-1-3-18(21)14-29-20-6-7-22(25)16(12-20)5-8-23(28)17-9-10-27-15-26-13-19(27)11-17;24-21-4-2-1-3-18(21)14-29-20-8-9-22(25)16(11-20)6-10-23(28)17-5-7-19-12-26-15-27(19)13-17;23-19-6-2-1-4-15(19)13-29-17-7-8-20(24)16(10-17)11-26-22(28)18-5-3-9-27-14-25-12-21(18)27;22-17-5-2-1-4-14(17)12-29-16-8-9-18(23)15(10-16)11-24-21(28)19-6-3-7-20-26-25-13-27(19)20/h1-4,6-7,9-13,15H,5,8,14H2;1-5,7-9,11-13,15H,6,10,14H2;1-10,12,14H,11,13H2,(H,26,28);1-10,13H,11-12H2,(H,24,28). The Balaban J connectivity index is 0.000000135. The molecule has 0 atom stereocenters. The van der Waals surface area contributed by atoms with E-state index in [-0.39, 0.29) is 117 Å². The van der Waals surface area contributed by atoms with Crippen LogP contribution in [0.2, 0.25) is 0 Å². The van der Waals surface area contributed by atoms with Crippen molar-refractivity contribution in [3.05, 3.63) is 400 Å². The molecule has 19 nitrogen and oxygen atoms in total. The second-order valence-electron chi connectivity index (χ2n) is 26.1. The number of aromatic nitrogens is 9. The van der Waals surface area contributed by atoms with E-state index in [0.29, 0.717) is 89.9 Å². The van der Waals surface area contributed by atoms with Crippen molar-refractivity contribution < 1.29 is 73.2 Å². The maximum atomic E-state index is 14.2. The maximum absolute atomic E-state index is 14.2. The number of fused-ring (bicyclic) bond motifs is 4. The van der Waals surface area contributed by atoms with E-state index in [1.165, 1.54) is 91.3 Å². The van der Waals surface area contributed by atoms with E-state index in [1.807, 2.05) is 10.5 Å². The molecule has 2 N–H and O–H groups in total. The molecule has 2 amide bonds. The molecule has 16 aromatic rings. The molecular weight excluding hydrogens is 1500 g/mol. The number of Topliss-reactive ketones (excluding diaryl/α,β-unsaturated/α-hetero) is 2. The van der Waals surface area contributed by atoms with Crippen molar-refractivity contribution in [1.82, 2.24) is 53.4 Å². The number of ketones is 2. The van der Waals surface area contributed by atoms with Crippen LogP contribution in [0.4, 0.5) is 35.1 Å². The molecule has 0 saturated carbocycles. The number of benzene rings is 8. The van der Waals surface area contributed by atoms with Gasteiger partial charge in [0, 0.05) is 89.0 Å². The highest BCUT2D eigenvalue weighted by molar-refractivity contribution is 6.00. The van der Waals surface area contributed by atoms with E-state index in [9.17, 15) is 54.3 Å². The molecule has 0 radical (unpaired) electrons. The van der Waals surface area contributed by atoms with Crippen molar-refractivity contribution in [1.29, 1.82) is 0 Å². The fourth-order valence-corrected chi connectivity index (χ4v) is 12.0. The summed E-state index contributed by atoms with van der Waals surface area (Å²) >= 11 is 0. The lowest BCUT2D eigenvalue weighted by Crippen LogP contribution is -2.25. The molecule has 8 heterocycles. The number of halogens is 8. The SMILES string of the molecule is O=C(CCc1cc(OCc2ccccc2F)ccc1F)c1ccc2cncn2c1.O=C(CCc1cc(OCc2ccccc2F)ccc1F)c1ccn2cncc2c1.O=C(NCc1cc(OCc2ccccc2F)ccc1F)c1cccc2nncn12.O=C(NCc1cc(OCc2ccccc2F)ccc1F)c1cccn2cncc12. The van der Waals surface area contributed by atoms with E-state index in [4.69, 9.17) is 18.9 Å². The zero-order valence-electron chi connectivity index (χ0n) is 61.5. The normalized spacial score (nSPS) is 10.9. The first-order valence-corrected chi connectivity index (χ1v) is 36.2. The fraction of sp³-hybridized carbons (Fsp3) is 0.112. The van der Waals surface area contributed by atoms with E-state index in [0.717, 1.165) is 11.0 Å². The lowest BCUT2D eigenvalue weighted by Gasteiger charge is -2.11. The Hall–Kier alpha value is -14.6. The summed E-state index contributed by atoms with van der Waals surface area (Å²) in [7, 11) is 0. The number of ether oxygens (including phenoxy) is 4. The van der Waals surface area contributed by atoms with Crippen LogP contribution in [-0.4, -0.2) is 66.1 Å². The van der Waals surface area contributed by atoms with Gasteiger partial charge in [0.15, 0.2) is 17.2 Å². The van der Waals surface area contributed by atoms with Gasteiger partial charge < -0.3 is 42.8 Å². The largest absolute Gasteiger partial charge is 0.489 e. The molecule has 8 aromatic heterocycles. The van der Waals surface area contributed by atoms with Gasteiger partial charge in [-0.3, -0.25) is 23.6 Å². The first-order valence-electron chi connectivity index (χ1n) is 36.2. The van der Waals surface area contributed by atoms with Crippen molar-refractivity contribution in [3.63, 3.8) is 0 Å². The fourth-order valence-electron chi connectivity index (χ4n) is 12.0. The molecule has 27 heteroatoms.